The first-order valence-electron chi connectivity index (χ1n) is 12.6. The predicted molar refractivity (Wildman–Crippen MR) is 149 cm³/mol. The lowest BCUT2D eigenvalue weighted by atomic mass is 10.1. The van der Waals surface area contributed by atoms with E-state index in [1.54, 1.807) is 24.6 Å². The molecule has 4 heterocycles. The third kappa shape index (κ3) is 5.29. The normalized spacial score (nSPS) is 15.2. The SMILES string of the molecule is CC(C)c1cnn2c(NCc3c(Cl)cccc3-c3ncc(C(C)(C)O)s3)nc(N3CCC(N)CC3)nc12. The van der Waals surface area contributed by atoms with Gasteiger partial charge in [-0.15, -0.1) is 11.3 Å². The largest absolute Gasteiger partial charge is 0.385 e. The van der Waals surface area contributed by atoms with E-state index in [0.29, 0.717) is 23.5 Å². The van der Waals surface area contributed by atoms with Crippen LogP contribution in [-0.4, -0.2) is 48.8 Å². The van der Waals surface area contributed by atoms with Crippen molar-refractivity contribution < 1.29 is 5.11 Å². The molecule has 0 saturated carbocycles. The summed E-state index contributed by atoms with van der Waals surface area (Å²) in [6.07, 6.45) is 5.42. The Labute approximate surface area is 225 Å². The zero-order chi connectivity index (χ0) is 26.3. The highest BCUT2D eigenvalue weighted by Crippen LogP contribution is 2.36. The van der Waals surface area contributed by atoms with Gasteiger partial charge in [-0.05, 0) is 38.7 Å². The van der Waals surface area contributed by atoms with Gasteiger partial charge in [0.15, 0.2) is 5.65 Å². The van der Waals surface area contributed by atoms with Gasteiger partial charge in [0, 0.05) is 53.6 Å². The number of aliphatic hydroxyl groups is 1. The van der Waals surface area contributed by atoms with Crippen LogP contribution >= 0.6 is 22.9 Å². The molecule has 37 heavy (non-hydrogen) atoms. The highest BCUT2D eigenvalue weighted by Gasteiger charge is 2.24. The summed E-state index contributed by atoms with van der Waals surface area (Å²) in [7, 11) is 0. The van der Waals surface area contributed by atoms with Crippen LogP contribution in [0.15, 0.2) is 30.6 Å². The summed E-state index contributed by atoms with van der Waals surface area (Å²) in [5.41, 5.74) is 8.86. The maximum Gasteiger partial charge on any atom is 0.230 e. The number of piperidine rings is 1. The third-order valence-corrected chi connectivity index (χ3v) is 8.41. The van der Waals surface area contributed by atoms with Gasteiger partial charge in [-0.25, -0.2) is 4.98 Å². The fraction of sp³-hybridized carbons (Fsp3) is 0.462. The summed E-state index contributed by atoms with van der Waals surface area (Å²) in [6, 6.07) is 6.00. The molecule has 0 unspecified atom stereocenters. The summed E-state index contributed by atoms with van der Waals surface area (Å²) in [6.45, 7) is 9.85. The number of nitrogens with one attached hydrogen (secondary N) is 1. The molecule has 9 nitrogen and oxygen atoms in total. The molecular formula is C26H33ClN8OS. The first-order valence-corrected chi connectivity index (χ1v) is 13.8. The molecule has 0 bridgehead atoms. The van der Waals surface area contributed by atoms with Crippen molar-refractivity contribution in [1.29, 1.82) is 0 Å². The maximum atomic E-state index is 10.4. The number of aromatic nitrogens is 5. The van der Waals surface area contributed by atoms with Crippen molar-refractivity contribution in [1.82, 2.24) is 24.6 Å². The lowest BCUT2D eigenvalue weighted by Crippen LogP contribution is -2.40. The van der Waals surface area contributed by atoms with Gasteiger partial charge in [0.2, 0.25) is 11.9 Å². The van der Waals surface area contributed by atoms with Crippen LogP contribution in [0, 0.1) is 0 Å². The second-order valence-electron chi connectivity index (χ2n) is 10.4. The number of nitrogens with zero attached hydrogens (tertiary/aromatic N) is 6. The molecule has 4 aromatic rings. The summed E-state index contributed by atoms with van der Waals surface area (Å²) < 4.78 is 1.76. The lowest BCUT2D eigenvalue weighted by molar-refractivity contribution is 0.0823. The minimum atomic E-state index is -0.956. The summed E-state index contributed by atoms with van der Waals surface area (Å²) in [5.74, 6) is 1.55. The van der Waals surface area contributed by atoms with E-state index in [0.717, 1.165) is 58.2 Å². The number of thiazole rings is 1. The Kier molecular flexibility index (Phi) is 7.10. The van der Waals surface area contributed by atoms with E-state index in [9.17, 15) is 5.11 Å². The average molecular weight is 541 g/mol. The molecule has 1 aromatic carbocycles. The third-order valence-electron chi connectivity index (χ3n) is 6.71. The number of benzene rings is 1. The van der Waals surface area contributed by atoms with Crippen LogP contribution < -0.4 is 16.0 Å². The Morgan fingerprint density at radius 3 is 2.65 bits per heavy atom. The van der Waals surface area contributed by atoms with Gasteiger partial charge in [0.05, 0.1) is 16.7 Å². The molecule has 3 aromatic heterocycles. The topological polar surface area (TPSA) is 117 Å². The smallest absolute Gasteiger partial charge is 0.230 e. The monoisotopic (exact) mass is 540 g/mol. The van der Waals surface area contributed by atoms with Gasteiger partial charge in [-0.3, -0.25) is 0 Å². The van der Waals surface area contributed by atoms with Crippen LogP contribution in [-0.2, 0) is 12.1 Å². The van der Waals surface area contributed by atoms with E-state index in [1.165, 1.54) is 11.3 Å². The lowest BCUT2D eigenvalue weighted by Gasteiger charge is -2.30. The predicted octanol–water partition coefficient (Wildman–Crippen LogP) is 4.79. The van der Waals surface area contributed by atoms with E-state index in [4.69, 9.17) is 27.3 Å². The van der Waals surface area contributed by atoms with Gasteiger partial charge in [0.1, 0.15) is 5.01 Å². The molecule has 1 fully saturated rings. The molecule has 0 atom stereocenters. The standard InChI is InChI=1S/C26H33ClN8OS/c1-15(2)18-13-31-35-22(18)32-25(34-10-8-16(28)9-11-34)33-24(35)30-12-19-17(6-5-7-20(19)27)23-29-14-21(37-23)26(3,4)36/h5-7,13-16,36H,8-12,28H2,1-4H3,(H,30,32,33). The van der Waals surface area contributed by atoms with E-state index < -0.39 is 5.60 Å². The minimum Gasteiger partial charge on any atom is -0.385 e. The molecular weight excluding hydrogens is 508 g/mol. The van der Waals surface area contributed by atoms with Crippen LogP contribution in [0.3, 0.4) is 0 Å². The molecule has 0 spiro atoms. The van der Waals surface area contributed by atoms with Gasteiger partial charge >= 0.3 is 0 Å². The van der Waals surface area contributed by atoms with Crippen molar-refractivity contribution in [3.8, 4) is 10.6 Å². The first-order chi connectivity index (χ1) is 17.6. The Balaban J connectivity index is 1.50. The van der Waals surface area contributed by atoms with Crippen molar-refractivity contribution in [3.63, 3.8) is 0 Å². The number of halogens is 1. The Hall–Kier alpha value is -2.79. The number of hydrogen-bond donors (Lipinski definition) is 3. The average Bonchev–Trinajstić information content (AvgIpc) is 3.51. The maximum absolute atomic E-state index is 10.4. The number of fused-ring (bicyclic) bond motifs is 1. The molecule has 0 amide bonds. The van der Waals surface area contributed by atoms with Crippen LogP contribution in [0.5, 0.6) is 0 Å². The molecule has 0 radical (unpaired) electrons. The summed E-state index contributed by atoms with van der Waals surface area (Å²) in [4.78, 5) is 17.4. The molecule has 5 rings (SSSR count). The molecule has 11 heteroatoms. The summed E-state index contributed by atoms with van der Waals surface area (Å²) in [5, 5.41) is 19.9. The van der Waals surface area contributed by atoms with Crippen LogP contribution in [0.25, 0.3) is 16.2 Å². The fourth-order valence-corrected chi connectivity index (χ4v) is 5.64. The Morgan fingerprint density at radius 1 is 1.22 bits per heavy atom. The first kappa shape index (κ1) is 25.8. The second kappa shape index (κ2) is 10.2. The zero-order valence-corrected chi connectivity index (χ0v) is 23.1. The van der Waals surface area contributed by atoms with Crippen molar-refractivity contribution >= 4 is 40.5 Å². The van der Waals surface area contributed by atoms with Crippen LogP contribution in [0.2, 0.25) is 5.02 Å². The highest BCUT2D eigenvalue weighted by molar-refractivity contribution is 7.15. The molecule has 0 aliphatic carbocycles. The van der Waals surface area contributed by atoms with Crippen LogP contribution in [0.1, 0.15) is 62.5 Å². The van der Waals surface area contributed by atoms with E-state index in [1.807, 2.05) is 24.4 Å². The highest BCUT2D eigenvalue weighted by atomic mass is 35.5. The number of hydrogen-bond acceptors (Lipinski definition) is 9. The number of nitrogens with two attached hydrogens (primary N) is 1. The van der Waals surface area contributed by atoms with Gasteiger partial charge in [-0.1, -0.05) is 37.6 Å². The zero-order valence-electron chi connectivity index (χ0n) is 21.6. The van der Waals surface area contributed by atoms with Gasteiger partial charge < -0.3 is 21.1 Å². The van der Waals surface area contributed by atoms with E-state index in [-0.39, 0.29) is 12.0 Å². The van der Waals surface area contributed by atoms with Gasteiger partial charge in [-0.2, -0.15) is 19.6 Å². The number of anilines is 2. The fourth-order valence-electron chi connectivity index (χ4n) is 4.43. The molecule has 1 saturated heterocycles. The minimum absolute atomic E-state index is 0.222. The summed E-state index contributed by atoms with van der Waals surface area (Å²) >= 11 is 8.15. The van der Waals surface area contributed by atoms with Crippen molar-refractivity contribution in [3.05, 3.63) is 51.6 Å². The second-order valence-corrected chi connectivity index (χ2v) is 11.8. The van der Waals surface area contributed by atoms with E-state index in [2.05, 4.69) is 34.1 Å². The molecule has 1 aliphatic rings. The molecule has 196 valence electrons. The Bertz CT molecular complexity index is 1400. The van der Waals surface area contributed by atoms with Crippen molar-refractivity contribution in [2.24, 2.45) is 5.73 Å². The van der Waals surface area contributed by atoms with Crippen LogP contribution in [0.4, 0.5) is 11.9 Å². The number of rotatable bonds is 7. The van der Waals surface area contributed by atoms with Crippen molar-refractivity contribution in [2.45, 2.75) is 64.6 Å². The van der Waals surface area contributed by atoms with E-state index >= 15 is 0 Å². The quantitative estimate of drug-likeness (QED) is 0.306. The Morgan fingerprint density at radius 2 is 1.97 bits per heavy atom. The van der Waals surface area contributed by atoms with Crippen molar-refractivity contribution in [2.75, 3.05) is 23.3 Å². The molecule has 1 aliphatic heterocycles. The van der Waals surface area contributed by atoms with Gasteiger partial charge in [0.25, 0.3) is 0 Å². The molecule has 4 N–H and O–H groups in total.